The Morgan fingerprint density at radius 3 is 2.72 bits per heavy atom. The van der Waals surface area contributed by atoms with E-state index < -0.39 is 11.9 Å². The minimum atomic E-state index is -4.51. The van der Waals surface area contributed by atoms with Crippen molar-refractivity contribution in [3.05, 3.63) is 68.9 Å². The molecule has 0 radical (unpaired) electrons. The molecule has 10 heteroatoms. The predicted molar refractivity (Wildman–Crippen MR) is 132 cm³/mol. The van der Waals surface area contributed by atoms with E-state index in [0.29, 0.717) is 30.7 Å². The molecule has 1 N–H and O–H groups in total. The van der Waals surface area contributed by atoms with Crippen molar-refractivity contribution in [2.75, 3.05) is 13.1 Å². The molecular weight excluding hydrogens is 487 g/mol. The number of alkyl halides is 3. The van der Waals surface area contributed by atoms with Crippen LogP contribution in [0.15, 0.2) is 35.7 Å². The number of nitrogens with one attached hydrogen (secondary N) is 1. The number of amides is 1. The first-order valence-electron chi connectivity index (χ1n) is 12.4. The lowest BCUT2D eigenvalue weighted by Gasteiger charge is -2.31. The summed E-state index contributed by atoms with van der Waals surface area (Å²) in [6.45, 7) is 3.23. The van der Waals surface area contributed by atoms with Crippen LogP contribution in [0.3, 0.4) is 0 Å². The highest BCUT2D eigenvalue weighted by atomic mass is 32.1. The summed E-state index contributed by atoms with van der Waals surface area (Å²) in [4.78, 5) is 19.3. The fourth-order valence-electron chi connectivity index (χ4n) is 5.20. The van der Waals surface area contributed by atoms with Gasteiger partial charge in [0.2, 0.25) is 5.91 Å². The van der Waals surface area contributed by atoms with Crippen molar-refractivity contribution in [3.8, 4) is 0 Å². The molecule has 0 spiro atoms. The highest BCUT2D eigenvalue weighted by Crippen LogP contribution is 2.32. The van der Waals surface area contributed by atoms with Crippen LogP contribution in [-0.4, -0.2) is 38.7 Å². The van der Waals surface area contributed by atoms with Gasteiger partial charge in [0, 0.05) is 42.7 Å². The van der Waals surface area contributed by atoms with Gasteiger partial charge >= 0.3 is 6.18 Å². The highest BCUT2D eigenvalue weighted by Gasteiger charge is 2.35. The number of aryl methyl sites for hydroxylation is 2. The van der Waals surface area contributed by atoms with Gasteiger partial charge in [-0.3, -0.25) is 9.48 Å². The van der Waals surface area contributed by atoms with Crippen molar-refractivity contribution in [1.82, 2.24) is 25.0 Å². The molecule has 1 aliphatic carbocycles. The summed E-state index contributed by atoms with van der Waals surface area (Å²) in [5.41, 5.74) is 3.24. The van der Waals surface area contributed by atoms with E-state index in [1.165, 1.54) is 24.5 Å². The van der Waals surface area contributed by atoms with Gasteiger partial charge in [-0.05, 0) is 56.2 Å². The molecule has 192 valence electrons. The summed E-state index contributed by atoms with van der Waals surface area (Å²) in [6, 6.07) is 9.98. The molecule has 1 saturated heterocycles. The maximum Gasteiger partial charge on any atom is 0.435 e. The zero-order valence-electron chi connectivity index (χ0n) is 20.2. The number of carbonyl (C=O) groups excluding carboxylic acids is 1. The summed E-state index contributed by atoms with van der Waals surface area (Å²) >= 11 is 1.67. The van der Waals surface area contributed by atoms with Crippen LogP contribution < -0.4 is 5.32 Å². The SMILES string of the molecule is Cc1cc(C(F)(F)F)nn1CC(=O)N1CCC(c2nc(CNC3CCCc4ccccc43)cs2)CC1. The average Bonchev–Trinajstić information content (AvgIpc) is 3.49. The van der Waals surface area contributed by atoms with Gasteiger partial charge < -0.3 is 10.2 Å². The number of piperidine rings is 1. The molecule has 5 rings (SSSR count). The van der Waals surface area contributed by atoms with Gasteiger partial charge in [-0.15, -0.1) is 11.3 Å². The number of hydrogen-bond donors (Lipinski definition) is 1. The summed E-state index contributed by atoms with van der Waals surface area (Å²) in [5, 5.41) is 10.5. The first-order chi connectivity index (χ1) is 17.3. The summed E-state index contributed by atoms with van der Waals surface area (Å²) in [6.07, 6.45) is 0.558. The lowest BCUT2D eigenvalue weighted by molar-refractivity contribution is -0.142. The van der Waals surface area contributed by atoms with E-state index in [0.717, 1.165) is 53.7 Å². The molecule has 1 fully saturated rings. The molecule has 1 aromatic carbocycles. The second kappa shape index (κ2) is 10.3. The van der Waals surface area contributed by atoms with Crippen LogP contribution in [0.2, 0.25) is 0 Å². The minimum absolute atomic E-state index is 0.177. The number of rotatable bonds is 6. The largest absolute Gasteiger partial charge is 0.435 e. The Balaban J connectivity index is 1.12. The van der Waals surface area contributed by atoms with E-state index in [1.54, 1.807) is 16.2 Å². The molecule has 0 bridgehead atoms. The Bertz CT molecular complexity index is 1210. The Morgan fingerprint density at radius 1 is 1.19 bits per heavy atom. The topological polar surface area (TPSA) is 63.1 Å². The van der Waals surface area contributed by atoms with E-state index in [1.807, 2.05) is 0 Å². The quantitative estimate of drug-likeness (QED) is 0.486. The zero-order chi connectivity index (χ0) is 25.3. The third-order valence-electron chi connectivity index (χ3n) is 7.22. The average molecular weight is 518 g/mol. The van der Waals surface area contributed by atoms with Gasteiger partial charge in [-0.25, -0.2) is 4.98 Å². The number of carbonyl (C=O) groups is 1. The third-order valence-corrected chi connectivity index (χ3v) is 8.28. The second-order valence-electron chi connectivity index (χ2n) is 9.68. The summed E-state index contributed by atoms with van der Waals surface area (Å²) in [5.74, 6) is 0.0941. The van der Waals surface area contributed by atoms with Crippen LogP contribution in [0.25, 0.3) is 0 Å². The second-order valence-corrected chi connectivity index (χ2v) is 10.6. The van der Waals surface area contributed by atoms with Crippen molar-refractivity contribution in [2.24, 2.45) is 0 Å². The monoisotopic (exact) mass is 517 g/mol. The molecule has 3 aromatic rings. The Labute approximate surface area is 212 Å². The highest BCUT2D eigenvalue weighted by molar-refractivity contribution is 7.09. The number of thiazole rings is 1. The zero-order valence-corrected chi connectivity index (χ0v) is 21.0. The van der Waals surface area contributed by atoms with E-state index in [4.69, 9.17) is 4.98 Å². The molecule has 1 amide bonds. The van der Waals surface area contributed by atoms with Crippen LogP contribution in [0.4, 0.5) is 13.2 Å². The van der Waals surface area contributed by atoms with Crippen molar-refractivity contribution in [2.45, 2.75) is 70.3 Å². The first-order valence-corrected chi connectivity index (χ1v) is 13.3. The number of aromatic nitrogens is 3. The molecule has 0 saturated carbocycles. The first kappa shape index (κ1) is 25.0. The number of nitrogens with zero attached hydrogens (tertiary/aromatic N) is 4. The van der Waals surface area contributed by atoms with E-state index in [-0.39, 0.29) is 12.5 Å². The van der Waals surface area contributed by atoms with Gasteiger partial charge in [-0.1, -0.05) is 24.3 Å². The molecule has 3 heterocycles. The molecule has 2 aliphatic rings. The number of benzene rings is 1. The molecule has 36 heavy (non-hydrogen) atoms. The van der Waals surface area contributed by atoms with Crippen molar-refractivity contribution < 1.29 is 18.0 Å². The molecule has 2 aromatic heterocycles. The molecular formula is C26H30F3N5OS. The fourth-order valence-corrected chi connectivity index (χ4v) is 6.19. The van der Waals surface area contributed by atoms with Crippen LogP contribution in [0, 0.1) is 6.92 Å². The van der Waals surface area contributed by atoms with E-state index in [9.17, 15) is 18.0 Å². The van der Waals surface area contributed by atoms with Crippen LogP contribution in [0.5, 0.6) is 0 Å². The Kier molecular flexibility index (Phi) is 7.16. The molecule has 1 aliphatic heterocycles. The van der Waals surface area contributed by atoms with Crippen molar-refractivity contribution >= 4 is 17.2 Å². The standard InChI is InChI=1S/C26H30F3N5OS/c1-17-13-23(26(27,28)29)32-34(17)15-24(35)33-11-9-19(10-12-33)25-31-20(16-36-25)14-30-22-8-4-6-18-5-2-3-7-21(18)22/h2-3,5,7,13,16,19,22,30H,4,6,8-12,14-15H2,1H3. The smallest absolute Gasteiger partial charge is 0.341 e. The Hall–Kier alpha value is -2.72. The molecule has 1 unspecified atom stereocenters. The minimum Gasteiger partial charge on any atom is -0.341 e. The number of halogens is 3. The summed E-state index contributed by atoms with van der Waals surface area (Å²) in [7, 11) is 0. The predicted octanol–water partition coefficient (Wildman–Crippen LogP) is 5.24. The van der Waals surface area contributed by atoms with Gasteiger partial charge in [-0.2, -0.15) is 18.3 Å². The fraction of sp³-hybridized carbons (Fsp3) is 0.500. The van der Waals surface area contributed by atoms with Crippen LogP contribution >= 0.6 is 11.3 Å². The van der Waals surface area contributed by atoms with E-state index >= 15 is 0 Å². The molecule has 1 atom stereocenters. The number of likely N-dealkylation sites (tertiary alicyclic amines) is 1. The van der Waals surface area contributed by atoms with Crippen LogP contribution in [-0.2, 0) is 30.5 Å². The number of fused-ring (bicyclic) bond motifs is 1. The lowest BCUT2D eigenvalue weighted by Crippen LogP contribution is -2.40. The van der Waals surface area contributed by atoms with Gasteiger partial charge in [0.25, 0.3) is 0 Å². The lowest BCUT2D eigenvalue weighted by atomic mass is 9.88. The van der Waals surface area contributed by atoms with Gasteiger partial charge in [0.05, 0.1) is 10.7 Å². The van der Waals surface area contributed by atoms with Crippen molar-refractivity contribution in [3.63, 3.8) is 0 Å². The van der Waals surface area contributed by atoms with E-state index in [2.05, 4.69) is 40.1 Å². The normalized spacial score (nSPS) is 18.9. The van der Waals surface area contributed by atoms with Gasteiger partial charge in [0.1, 0.15) is 6.54 Å². The summed E-state index contributed by atoms with van der Waals surface area (Å²) < 4.78 is 39.8. The molecule has 6 nitrogen and oxygen atoms in total. The Morgan fingerprint density at radius 2 is 1.97 bits per heavy atom. The van der Waals surface area contributed by atoms with Crippen LogP contribution in [0.1, 0.15) is 70.9 Å². The maximum absolute atomic E-state index is 12.9. The maximum atomic E-state index is 12.9. The van der Waals surface area contributed by atoms with Gasteiger partial charge in [0.15, 0.2) is 5.69 Å². The third kappa shape index (κ3) is 5.49. The van der Waals surface area contributed by atoms with Crippen molar-refractivity contribution in [1.29, 1.82) is 0 Å². The number of hydrogen-bond acceptors (Lipinski definition) is 5.